The number of aryl methyl sites for hydroxylation is 2. The van der Waals surface area contributed by atoms with E-state index in [0.29, 0.717) is 5.56 Å². The molecule has 1 atom stereocenters. The maximum Gasteiger partial charge on any atom is 0.252 e. The van der Waals surface area contributed by atoms with Gasteiger partial charge in [-0.15, -0.1) is 11.3 Å². The van der Waals surface area contributed by atoms with Gasteiger partial charge in [0.2, 0.25) is 0 Å². The third-order valence-electron chi connectivity index (χ3n) is 3.71. The molecule has 0 aliphatic heterocycles. The van der Waals surface area contributed by atoms with Crippen molar-refractivity contribution in [2.75, 3.05) is 0 Å². The number of hydrogen-bond acceptors (Lipinski definition) is 4. The van der Waals surface area contributed by atoms with Crippen LogP contribution in [0, 0.1) is 13.8 Å². The summed E-state index contributed by atoms with van der Waals surface area (Å²) < 4.78 is 0. The van der Waals surface area contributed by atoms with Crippen LogP contribution < -0.4 is 5.32 Å². The minimum atomic E-state index is -0.0527. The molecule has 0 fully saturated rings. The maximum absolute atomic E-state index is 12.7. The smallest absolute Gasteiger partial charge is 0.252 e. The molecule has 23 heavy (non-hydrogen) atoms. The second kappa shape index (κ2) is 6.46. The van der Waals surface area contributed by atoms with Crippen molar-refractivity contribution in [3.63, 3.8) is 0 Å². The lowest BCUT2D eigenvalue weighted by atomic mass is 10.0. The van der Waals surface area contributed by atoms with E-state index in [0.717, 1.165) is 28.6 Å². The molecule has 3 aromatic rings. The van der Waals surface area contributed by atoms with Gasteiger partial charge in [0.25, 0.3) is 5.91 Å². The first-order valence-corrected chi connectivity index (χ1v) is 8.47. The standard InChI is InChI=1S/C18H19N3OS/c1-11-4-5-17-15(6-11)16(8-13(3)20-17)18(22)21-12(2)7-14-9-19-10-23-14/h4-6,8-10,12H,7H2,1-3H3,(H,21,22)/t12-/m1/s1. The van der Waals surface area contributed by atoms with Gasteiger partial charge in [0.05, 0.1) is 16.6 Å². The van der Waals surface area contributed by atoms with Crippen molar-refractivity contribution < 1.29 is 4.79 Å². The maximum atomic E-state index is 12.7. The highest BCUT2D eigenvalue weighted by molar-refractivity contribution is 7.09. The molecule has 0 aliphatic rings. The quantitative estimate of drug-likeness (QED) is 0.796. The zero-order valence-electron chi connectivity index (χ0n) is 13.5. The molecule has 2 heterocycles. The predicted octanol–water partition coefficient (Wildman–Crippen LogP) is 3.67. The fourth-order valence-corrected chi connectivity index (χ4v) is 3.38. The fourth-order valence-electron chi connectivity index (χ4n) is 2.66. The molecule has 4 nitrogen and oxygen atoms in total. The van der Waals surface area contributed by atoms with E-state index < -0.39 is 0 Å². The Labute approximate surface area is 139 Å². The number of hydrogen-bond donors (Lipinski definition) is 1. The normalized spacial score (nSPS) is 12.3. The zero-order valence-corrected chi connectivity index (χ0v) is 14.3. The first kappa shape index (κ1) is 15.6. The number of nitrogens with one attached hydrogen (secondary N) is 1. The monoisotopic (exact) mass is 325 g/mol. The average molecular weight is 325 g/mol. The van der Waals surface area contributed by atoms with Crippen molar-refractivity contribution in [3.05, 3.63) is 57.7 Å². The number of aromatic nitrogens is 2. The number of fused-ring (bicyclic) bond motifs is 1. The number of thiazole rings is 1. The highest BCUT2D eigenvalue weighted by Gasteiger charge is 2.15. The molecule has 0 saturated carbocycles. The number of carbonyl (C=O) groups excluding carboxylic acids is 1. The summed E-state index contributed by atoms with van der Waals surface area (Å²) >= 11 is 1.61. The van der Waals surface area contributed by atoms with Crippen LogP contribution in [0.5, 0.6) is 0 Å². The highest BCUT2D eigenvalue weighted by Crippen LogP contribution is 2.20. The molecule has 1 N–H and O–H groups in total. The summed E-state index contributed by atoms with van der Waals surface area (Å²) in [6.07, 6.45) is 2.64. The second-order valence-corrected chi connectivity index (χ2v) is 6.85. The molecular weight excluding hydrogens is 306 g/mol. The van der Waals surface area contributed by atoms with Crippen LogP contribution in [-0.2, 0) is 6.42 Å². The lowest BCUT2D eigenvalue weighted by molar-refractivity contribution is 0.0941. The molecule has 2 aromatic heterocycles. The SMILES string of the molecule is Cc1ccc2nc(C)cc(C(=O)N[C@H](C)Cc3cncs3)c2c1. The number of amides is 1. The molecule has 1 amide bonds. The van der Waals surface area contributed by atoms with E-state index in [-0.39, 0.29) is 11.9 Å². The van der Waals surface area contributed by atoms with Gasteiger partial charge in [-0.05, 0) is 39.0 Å². The lowest BCUT2D eigenvalue weighted by Crippen LogP contribution is -2.34. The first-order chi connectivity index (χ1) is 11.0. The second-order valence-electron chi connectivity index (χ2n) is 5.88. The Balaban J connectivity index is 1.86. The predicted molar refractivity (Wildman–Crippen MR) is 94.0 cm³/mol. The van der Waals surface area contributed by atoms with Gasteiger partial charge in [-0.2, -0.15) is 0 Å². The largest absolute Gasteiger partial charge is 0.349 e. The number of nitrogens with zero attached hydrogens (tertiary/aromatic N) is 2. The Morgan fingerprint density at radius 1 is 1.30 bits per heavy atom. The van der Waals surface area contributed by atoms with E-state index in [1.807, 2.05) is 56.7 Å². The number of pyridine rings is 1. The Hall–Kier alpha value is -2.27. The summed E-state index contributed by atoms with van der Waals surface area (Å²) in [5.41, 5.74) is 5.33. The van der Waals surface area contributed by atoms with Crippen LogP contribution in [0.3, 0.4) is 0 Å². The molecule has 0 bridgehead atoms. The van der Waals surface area contributed by atoms with Crippen LogP contribution in [0.4, 0.5) is 0 Å². The molecule has 0 unspecified atom stereocenters. The molecule has 0 aliphatic carbocycles. The summed E-state index contributed by atoms with van der Waals surface area (Å²) in [5, 5.41) is 3.99. The van der Waals surface area contributed by atoms with Gasteiger partial charge in [0.1, 0.15) is 0 Å². The van der Waals surface area contributed by atoms with E-state index >= 15 is 0 Å². The molecule has 118 valence electrons. The third kappa shape index (κ3) is 3.56. The van der Waals surface area contributed by atoms with Crippen LogP contribution in [0.15, 0.2) is 36.0 Å². The van der Waals surface area contributed by atoms with E-state index in [4.69, 9.17) is 0 Å². The van der Waals surface area contributed by atoms with Gasteiger partial charge in [-0.25, -0.2) is 0 Å². The van der Waals surface area contributed by atoms with Crippen molar-refractivity contribution in [1.29, 1.82) is 0 Å². The van der Waals surface area contributed by atoms with Gasteiger partial charge in [-0.3, -0.25) is 14.8 Å². The summed E-state index contributed by atoms with van der Waals surface area (Å²) in [6, 6.07) is 7.91. The molecule has 5 heteroatoms. The van der Waals surface area contributed by atoms with Crippen molar-refractivity contribution in [1.82, 2.24) is 15.3 Å². The van der Waals surface area contributed by atoms with Crippen LogP contribution in [0.1, 0.15) is 33.4 Å². The Bertz CT molecular complexity index is 843. The van der Waals surface area contributed by atoms with Crippen LogP contribution in [-0.4, -0.2) is 21.9 Å². The summed E-state index contributed by atoms with van der Waals surface area (Å²) in [4.78, 5) is 22.5. The van der Waals surface area contributed by atoms with Crippen molar-refractivity contribution in [2.24, 2.45) is 0 Å². The fraction of sp³-hybridized carbons (Fsp3) is 0.278. The Morgan fingerprint density at radius 3 is 2.87 bits per heavy atom. The lowest BCUT2D eigenvalue weighted by Gasteiger charge is -2.14. The summed E-state index contributed by atoms with van der Waals surface area (Å²) in [6.45, 7) is 5.95. The average Bonchev–Trinajstić information content (AvgIpc) is 2.99. The van der Waals surface area contributed by atoms with Crippen molar-refractivity contribution in [3.8, 4) is 0 Å². The van der Waals surface area contributed by atoms with E-state index in [9.17, 15) is 4.79 Å². The first-order valence-electron chi connectivity index (χ1n) is 7.59. The zero-order chi connectivity index (χ0) is 16.4. The molecular formula is C18H19N3OS. The summed E-state index contributed by atoms with van der Waals surface area (Å²) in [5.74, 6) is -0.0527. The number of carbonyl (C=O) groups is 1. The summed E-state index contributed by atoms with van der Waals surface area (Å²) in [7, 11) is 0. The van der Waals surface area contributed by atoms with Gasteiger partial charge in [-0.1, -0.05) is 11.6 Å². The third-order valence-corrected chi connectivity index (χ3v) is 4.51. The molecule has 3 rings (SSSR count). The minimum Gasteiger partial charge on any atom is -0.349 e. The molecule has 1 aromatic carbocycles. The van der Waals surface area contributed by atoms with Crippen molar-refractivity contribution >= 4 is 28.1 Å². The van der Waals surface area contributed by atoms with Crippen LogP contribution in [0.2, 0.25) is 0 Å². The van der Waals surface area contributed by atoms with Crippen molar-refractivity contribution in [2.45, 2.75) is 33.2 Å². The van der Waals surface area contributed by atoms with E-state index in [1.54, 1.807) is 11.3 Å². The number of benzene rings is 1. The topological polar surface area (TPSA) is 54.9 Å². The van der Waals surface area contributed by atoms with Gasteiger partial charge in [0.15, 0.2) is 0 Å². The highest BCUT2D eigenvalue weighted by atomic mass is 32.1. The van der Waals surface area contributed by atoms with Crippen LogP contribution >= 0.6 is 11.3 Å². The van der Waals surface area contributed by atoms with E-state index in [1.165, 1.54) is 4.88 Å². The van der Waals surface area contributed by atoms with E-state index in [2.05, 4.69) is 15.3 Å². The van der Waals surface area contributed by atoms with Gasteiger partial charge in [0, 0.05) is 34.6 Å². The minimum absolute atomic E-state index is 0.0521. The Kier molecular flexibility index (Phi) is 4.39. The molecule has 0 spiro atoms. The molecule has 0 saturated heterocycles. The van der Waals surface area contributed by atoms with Crippen LogP contribution in [0.25, 0.3) is 10.9 Å². The van der Waals surface area contributed by atoms with Gasteiger partial charge >= 0.3 is 0 Å². The molecule has 0 radical (unpaired) electrons. The number of rotatable bonds is 4. The van der Waals surface area contributed by atoms with Gasteiger partial charge < -0.3 is 5.32 Å². The Morgan fingerprint density at radius 2 is 2.13 bits per heavy atom.